The molecule has 400 valence electrons. The number of aliphatic hydroxyl groups excluding tert-OH is 4. The van der Waals surface area contributed by atoms with E-state index in [-0.39, 0.29) is 19.2 Å². The third-order valence-electron chi connectivity index (χ3n) is 12.2. The fourth-order valence-electron chi connectivity index (χ4n) is 7.92. The highest BCUT2D eigenvalue weighted by atomic mass is 16.7. The maximum Gasteiger partial charge on any atom is 0.306 e. The van der Waals surface area contributed by atoms with Gasteiger partial charge in [-0.2, -0.15) is 0 Å². The highest BCUT2D eigenvalue weighted by Gasteiger charge is 2.44. The summed E-state index contributed by atoms with van der Waals surface area (Å²) in [5.74, 6) is -0.326. The Morgan fingerprint density at radius 3 is 1.24 bits per heavy atom. The zero-order chi connectivity index (χ0) is 50.6. The number of carbonyl (C=O) groups excluding carboxylic acids is 1. The lowest BCUT2D eigenvalue weighted by atomic mass is 9.99. The molecule has 0 saturated carbocycles. The minimum Gasteiger partial charge on any atom is -0.457 e. The third kappa shape index (κ3) is 40.4. The Balaban J connectivity index is 2.19. The molecule has 0 spiro atoms. The van der Waals surface area contributed by atoms with Crippen molar-refractivity contribution in [2.24, 2.45) is 0 Å². The van der Waals surface area contributed by atoms with Crippen LogP contribution < -0.4 is 0 Å². The van der Waals surface area contributed by atoms with Crippen molar-refractivity contribution in [1.29, 1.82) is 0 Å². The van der Waals surface area contributed by atoms with Gasteiger partial charge in [0, 0.05) is 13.0 Å². The zero-order valence-corrected chi connectivity index (χ0v) is 44.2. The summed E-state index contributed by atoms with van der Waals surface area (Å²) in [5, 5.41) is 40.4. The fraction of sp³-hybridized carbons (Fsp3) is 0.689. The van der Waals surface area contributed by atoms with E-state index in [1.807, 2.05) is 0 Å². The van der Waals surface area contributed by atoms with Crippen LogP contribution in [0.25, 0.3) is 0 Å². The lowest BCUT2D eigenvalue weighted by molar-refractivity contribution is -0.305. The Morgan fingerprint density at radius 2 is 0.829 bits per heavy atom. The van der Waals surface area contributed by atoms with Crippen molar-refractivity contribution >= 4 is 5.97 Å². The molecule has 0 radical (unpaired) electrons. The Bertz CT molecular complexity index is 1440. The molecule has 0 bridgehead atoms. The van der Waals surface area contributed by atoms with Gasteiger partial charge in [0.2, 0.25) is 0 Å². The van der Waals surface area contributed by atoms with Gasteiger partial charge >= 0.3 is 5.97 Å². The molecule has 70 heavy (non-hydrogen) atoms. The van der Waals surface area contributed by atoms with Crippen molar-refractivity contribution in [2.75, 3.05) is 26.4 Å². The highest BCUT2D eigenvalue weighted by molar-refractivity contribution is 5.69. The zero-order valence-electron chi connectivity index (χ0n) is 44.2. The van der Waals surface area contributed by atoms with Crippen molar-refractivity contribution < 1.29 is 44.2 Å². The van der Waals surface area contributed by atoms with Gasteiger partial charge in [-0.3, -0.25) is 4.79 Å². The second-order valence-electron chi connectivity index (χ2n) is 18.6. The third-order valence-corrected chi connectivity index (χ3v) is 12.2. The molecule has 1 aliphatic heterocycles. The summed E-state index contributed by atoms with van der Waals surface area (Å²) in [7, 11) is 0. The van der Waals surface area contributed by atoms with Crippen LogP contribution in [-0.2, 0) is 23.7 Å². The summed E-state index contributed by atoms with van der Waals surface area (Å²) in [6, 6.07) is 0. The van der Waals surface area contributed by atoms with E-state index in [4.69, 9.17) is 18.9 Å². The van der Waals surface area contributed by atoms with E-state index in [1.165, 1.54) is 77.0 Å². The summed E-state index contributed by atoms with van der Waals surface area (Å²) in [6.45, 7) is 4.31. The first-order chi connectivity index (χ1) is 34.4. The summed E-state index contributed by atoms with van der Waals surface area (Å²) in [5.41, 5.74) is 0. The van der Waals surface area contributed by atoms with Gasteiger partial charge in [-0.25, -0.2) is 0 Å². The molecule has 0 aromatic heterocycles. The van der Waals surface area contributed by atoms with Crippen molar-refractivity contribution in [3.63, 3.8) is 0 Å². The Morgan fingerprint density at radius 1 is 0.457 bits per heavy atom. The first-order valence-electron chi connectivity index (χ1n) is 28.0. The average molecular weight is 979 g/mol. The molecule has 1 aliphatic rings. The van der Waals surface area contributed by atoms with Gasteiger partial charge < -0.3 is 39.4 Å². The standard InChI is InChI=1S/C61H102O9/c1-3-5-7-9-11-13-15-17-19-21-23-25-27-28-29-30-32-34-36-38-40-42-44-46-48-50-57(63)69-55(54-68-61-60(66)59(65)58(64)56(52-62)70-61)53-67-51-49-47-45-43-41-39-37-35-33-31-26-24-22-20-18-16-14-12-10-8-6-4-2/h5-8,11-14,17-20,23-26,28-29,55-56,58-62,64-66H,3-4,9-10,15-16,21-22,27,30-54H2,1-2H3/b7-5-,8-6-,13-11-,14-12-,19-17-,20-18-,25-23-,26-24-,29-28-. The number of allylic oxidation sites excluding steroid dienone is 18. The molecule has 1 fully saturated rings. The lowest BCUT2D eigenvalue weighted by Gasteiger charge is -2.39. The van der Waals surface area contributed by atoms with E-state index >= 15 is 0 Å². The maximum absolute atomic E-state index is 12.9. The van der Waals surface area contributed by atoms with E-state index in [2.05, 4.69) is 123 Å². The van der Waals surface area contributed by atoms with Crippen molar-refractivity contribution in [2.45, 2.75) is 243 Å². The number of hydrogen-bond acceptors (Lipinski definition) is 9. The van der Waals surface area contributed by atoms with Crippen molar-refractivity contribution in [1.82, 2.24) is 0 Å². The number of ether oxygens (including phenoxy) is 4. The molecule has 1 saturated heterocycles. The topological polar surface area (TPSA) is 135 Å². The fourth-order valence-corrected chi connectivity index (χ4v) is 7.92. The molecule has 6 atom stereocenters. The maximum atomic E-state index is 12.9. The number of esters is 1. The molecule has 4 N–H and O–H groups in total. The Kier molecular flexibility index (Phi) is 47.1. The molecule has 0 aromatic rings. The van der Waals surface area contributed by atoms with Gasteiger partial charge in [0.15, 0.2) is 6.29 Å². The van der Waals surface area contributed by atoms with Gasteiger partial charge in [-0.05, 0) is 96.3 Å². The molecule has 6 unspecified atom stereocenters. The van der Waals surface area contributed by atoms with Gasteiger partial charge in [0.25, 0.3) is 0 Å². The first kappa shape index (κ1) is 64.9. The number of rotatable bonds is 47. The van der Waals surface area contributed by atoms with Crippen molar-refractivity contribution in [3.05, 3.63) is 109 Å². The summed E-state index contributed by atoms with van der Waals surface area (Å²) in [6.07, 6.45) is 65.5. The van der Waals surface area contributed by atoms with Crippen LogP contribution in [0.2, 0.25) is 0 Å². The SMILES string of the molecule is CC/C=C\C/C=C\C/C=C\C/C=C\C/C=C\CCCCCCCCCCCC(=O)OC(COCCCCCCCCCCC/C=C\C/C=C\C/C=C\C/C=C\CC)COC1OC(CO)C(O)C(O)C1O. The second-order valence-corrected chi connectivity index (χ2v) is 18.6. The highest BCUT2D eigenvalue weighted by Crippen LogP contribution is 2.23. The van der Waals surface area contributed by atoms with Crippen LogP contribution in [-0.4, -0.2) is 89.6 Å². The predicted octanol–water partition coefficient (Wildman–Crippen LogP) is 14.5. The van der Waals surface area contributed by atoms with Crippen LogP contribution in [0, 0.1) is 0 Å². The minimum absolute atomic E-state index is 0.125. The van der Waals surface area contributed by atoms with Crippen LogP contribution in [0.3, 0.4) is 0 Å². The van der Waals surface area contributed by atoms with Crippen molar-refractivity contribution in [3.8, 4) is 0 Å². The van der Waals surface area contributed by atoms with Crippen LogP contribution in [0.15, 0.2) is 109 Å². The average Bonchev–Trinajstić information content (AvgIpc) is 3.36. The second kappa shape index (κ2) is 50.8. The van der Waals surface area contributed by atoms with Gasteiger partial charge in [0.1, 0.15) is 30.5 Å². The van der Waals surface area contributed by atoms with Crippen LogP contribution in [0.4, 0.5) is 0 Å². The van der Waals surface area contributed by atoms with E-state index in [1.54, 1.807) is 0 Å². The number of hydrogen-bond donors (Lipinski definition) is 4. The molecule has 9 heteroatoms. The minimum atomic E-state index is -1.55. The van der Waals surface area contributed by atoms with Gasteiger partial charge in [-0.15, -0.1) is 0 Å². The monoisotopic (exact) mass is 979 g/mol. The molecule has 0 amide bonds. The Hall–Kier alpha value is -3.15. The Labute approximate surface area is 427 Å². The largest absolute Gasteiger partial charge is 0.457 e. The lowest BCUT2D eigenvalue weighted by Crippen LogP contribution is -2.59. The molecule has 1 rings (SSSR count). The smallest absolute Gasteiger partial charge is 0.306 e. The number of unbranched alkanes of at least 4 members (excludes halogenated alkanes) is 18. The first-order valence-corrected chi connectivity index (χ1v) is 28.0. The van der Waals surface area contributed by atoms with Crippen LogP contribution >= 0.6 is 0 Å². The van der Waals surface area contributed by atoms with Gasteiger partial charge in [-0.1, -0.05) is 213 Å². The molecular weight excluding hydrogens is 877 g/mol. The van der Waals surface area contributed by atoms with Crippen LogP contribution in [0.5, 0.6) is 0 Å². The summed E-state index contributed by atoms with van der Waals surface area (Å²) < 4.78 is 22.9. The van der Waals surface area contributed by atoms with Crippen LogP contribution in [0.1, 0.15) is 206 Å². The molecule has 9 nitrogen and oxygen atoms in total. The summed E-state index contributed by atoms with van der Waals surface area (Å²) in [4.78, 5) is 12.9. The quantitative estimate of drug-likeness (QED) is 0.0267. The summed E-state index contributed by atoms with van der Waals surface area (Å²) >= 11 is 0. The molecule has 1 heterocycles. The van der Waals surface area contributed by atoms with Gasteiger partial charge in [0.05, 0.1) is 19.8 Å². The molecule has 0 aromatic carbocycles. The number of carbonyl (C=O) groups is 1. The predicted molar refractivity (Wildman–Crippen MR) is 293 cm³/mol. The van der Waals surface area contributed by atoms with E-state index in [0.29, 0.717) is 13.0 Å². The van der Waals surface area contributed by atoms with E-state index in [9.17, 15) is 25.2 Å². The van der Waals surface area contributed by atoms with E-state index < -0.39 is 43.4 Å². The normalized spacial score (nSPS) is 19.8. The van der Waals surface area contributed by atoms with E-state index in [0.717, 1.165) is 109 Å². The number of aliphatic hydroxyl groups is 4. The molecular formula is C61H102O9. The molecule has 0 aliphatic carbocycles.